The van der Waals surface area contributed by atoms with Gasteiger partial charge in [-0.3, -0.25) is 0 Å². The van der Waals surface area contributed by atoms with Crippen LogP contribution < -0.4 is 11.1 Å². The van der Waals surface area contributed by atoms with Crippen LogP contribution in [0.15, 0.2) is 23.1 Å². The number of sulfone groups is 1. The van der Waals surface area contributed by atoms with Crippen LogP contribution >= 0.6 is 0 Å². The smallest absolute Gasteiger partial charge is 0.177 e. The zero-order chi connectivity index (χ0) is 12.0. The number of rotatable bonds is 3. The van der Waals surface area contributed by atoms with Crippen LogP contribution in [0.5, 0.6) is 0 Å². The minimum Gasteiger partial charge on any atom is -0.396 e. The Kier molecular flexibility index (Phi) is 2.38. The molecule has 1 aromatic carbocycles. The lowest BCUT2D eigenvalue weighted by atomic mass is 10.2. The fraction of sp³-hybridized carbons (Fsp3) is 0.455. The average molecular weight is 240 g/mol. The van der Waals surface area contributed by atoms with Gasteiger partial charge in [-0.1, -0.05) is 6.07 Å². The summed E-state index contributed by atoms with van der Waals surface area (Å²) < 4.78 is 23.0. The van der Waals surface area contributed by atoms with Crippen molar-refractivity contribution in [1.29, 1.82) is 0 Å². The lowest BCUT2D eigenvalue weighted by molar-refractivity contribution is 0.602. The Balaban J connectivity index is 2.41. The number of nitrogens with one attached hydrogen (secondary N) is 1. The lowest BCUT2D eigenvalue weighted by Crippen LogP contribution is -2.17. The van der Waals surface area contributed by atoms with Gasteiger partial charge in [0.05, 0.1) is 16.3 Å². The van der Waals surface area contributed by atoms with E-state index in [-0.39, 0.29) is 10.4 Å². The zero-order valence-electron chi connectivity index (χ0n) is 9.45. The number of nitrogens with two attached hydrogens (primary N) is 1. The van der Waals surface area contributed by atoms with E-state index in [0.717, 1.165) is 12.8 Å². The maximum atomic E-state index is 11.5. The Morgan fingerprint density at radius 3 is 2.50 bits per heavy atom. The maximum absolute atomic E-state index is 11.5. The molecule has 4 nitrogen and oxygen atoms in total. The summed E-state index contributed by atoms with van der Waals surface area (Å²) in [5, 5.41) is 3.28. The van der Waals surface area contributed by atoms with Crippen molar-refractivity contribution in [3.8, 4) is 0 Å². The monoisotopic (exact) mass is 240 g/mol. The summed E-state index contributed by atoms with van der Waals surface area (Å²) in [6.07, 6.45) is 3.35. The number of benzene rings is 1. The zero-order valence-corrected chi connectivity index (χ0v) is 10.3. The van der Waals surface area contributed by atoms with Gasteiger partial charge >= 0.3 is 0 Å². The Hall–Kier alpha value is -1.23. The molecule has 0 bridgehead atoms. The summed E-state index contributed by atoms with van der Waals surface area (Å²) in [5.41, 5.74) is 6.98. The normalized spacial score (nSPS) is 18.1. The van der Waals surface area contributed by atoms with E-state index in [1.807, 2.05) is 6.07 Å². The van der Waals surface area contributed by atoms with E-state index < -0.39 is 9.84 Å². The molecule has 0 aliphatic heterocycles. The van der Waals surface area contributed by atoms with Crippen LogP contribution in [0.3, 0.4) is 0 Å². The molecule has 88 valence electrons. The molecule has 1 aliphatic carbocycles. The molecule has 0 saturated heterocycles. The molecule has 5 heteroatoms. The first-order valence-electron chi connectivity index (χ1n) is 5.19. The van der Waals surface area contributed by atoms with Crippen LogP contribution in [0.1, 0.15) is 19.8 Å². The van der Waals surface area contributed by atoms with E-state index in [0.29, 0.717) is 11.4 Å². The average Bonchev–Trinajstić information content (AvgIpc) is 2.86. The molecule has 1 aliphatic rings. The van der Waals surface area contributed by atoms with Crippen LogP contribution in [-0.2, 0) is 9.84 Å². The molecule has 3 N–H and O–H groups in total. The first-order valence-corrected chi connectivity index (χ1v) is 7.08. The van der Waals surface area contributed by atoms with Crippen LogP contribution in [0.2, 0.25) is 0 Å². The highest BCUT2D eigenvalue weighted by Crippen LogP contribution is 2.40. The molecular weight excluding hydrogens is 224 g/mol. The second-order valence-electron chi connectivity index (χ2n) is 4.68. The number of hydrogen-bond donors (Lipinski definition) is 2. The van der Waals surface area contributed by atoms with Crippen molar-refractivity contribution in [3.63, 3.8) is 0 Å². The van der Waals surface area contributed by atoms with Crippen LogP contribution in [-0.4, -0.2) is 20.2 Å². The minimum atomic E-state index is -3.26. The van der Waals surface area contributed by atoms with Gasteiger partial charge in [-0.05, 0) is 31.9 Å². The molecule has 2 rings (SSSR count). The Morgan fingerprint density at radius 1 is 1.38 bits per heavy atom. The fourth-order valence-electron chi connectivity index (χ4n) is 1.61. The molecule has 0 heterocycles. The number of hydrogen-bond acceptors (Lipinski definition) is 4. The van der Waals surface area contributed by atoms with Gasteiger partial charge in [0.25, 0.3) is 0 Å². The summed E-state index contributed by atoms with van der Waals surface area (Å²) >= 11 is 0. The third-order valence-electron chi connectivity index (χ3n) is 2.90. The number of para-hydroxylation sites is 1. The highest BCUT2D eigenvalue weighted by Gasteiger charge is 2.37. The molecule has 0 aromatic heterocycles. The molecule has 1 fully saturated rings. The Morgan fingerprint density at radius 2 is 2.00 bits per heavy atom. The van der Waals surface area contributed by atoms with E-state index in [4.69, 9.17) is 5.73 Å². The SMILES string of the molecule is CC1(Nc2cccc(S(C)(=O)=O)c2N)CC1. The Bertz CT molecular complexity index is 519. The molecule has 16 heavy (non-hydrogen) atoms. The van der Waals surface area contributed by atoms with Gasteiger partial charge in [-0.25, -0.2) is 8.42 Å². The summed E-state index contributed by atoms with van der Waals surface area (Å²) in [5.74, 6) is 0. The van der Waals surface area contributed by atoms with Crippen molar-refractivity contribution in [1.82, 2.24) is 0 Å². The molecule has 0 radical (unpaired) electrons. The summed E-state index contributed by atoms with van der Waals surface area (Å²) in [4.78, 5) is 0.196. The van der Waals surface area contributed by atoms with Crippen molar-refractivity contribution >= 4 is 21.2 Å². The number of anilines is 2. The first-order chi connectivity index (χ1) is 7.32. The van der Waals surface area contributed by atoms with Gasteiger partial charge < -0.3 is 11.1 Å². The molecule has 0 spiro atoms. The quantitative estimate of drug-likeness (QED) is 0.788. The highest BCUT2D eigenvalue weighted by atomic mass is 32.2. The second kappa shape index (κ2) is 3.38. The maximum Gasteiger partial charge on any atom is 0.177 e. The van der Waals surface area contributed by atoms with Crippen molar-refractivity contribution < 1.29 is 8.42 Å². The van der Waals surface area contributed by atoms with Crippen molar-refractivity contribution in [2.75, 3.05) is 17.3 Å². The highest BCUT2D eigenvalue weighted by molar-refractivity contribution is 7.90. The molecule has 0 unspecified atom stereocenters. The van der Waals surface area contributed by atoms with Crippen LogP contribution in [0.4, 0.5) is 11.4 Å². The van der Waals surface area contributed by atoms with E-state index in [1.54, 1.807) is 6.07 Å². The van der Waals surface area contributed by atoms with Crippen LogP contribution in [0.25, 0.3) is 0 Å². The number of nitrogen functional groups attached to an aromatic ring is 1. The van der Waals surface area contributed by atoms with Gasteiger partial charge in [0.1, 0.15) is 0 Å². The second-order valence-corrected chi connectivity index (χ2v) is 6.66. The van der Waals surface area contributed by atoms with Crippen molar-refractivity contribution in [3.05, 3.63) is 18.2 Å². The van der Waals surface area contributed by atoms with Gasteiger partial charge in [-0.2, -0.15) is 0 Å². The minimum absolute atomic E-state index is 0.0875. The summed E-state index contributed by atoms with van der Waals surface area (Å²) in [7, 11) is -3.26. The van der Waals surface area contributed by atoms with Gasteiger partial charge in [0, 0.05) is 11.8 Å². The van der Waals surface area contributed by atoms with Gasteiger partial charge in [-0.15, -0.1) is 0 Å². The van der Waals surface area contributed by atoms with Gasteiger partial charge in [0.15, 0.2) is 9.84 Å². The van der Waals surface area contributed by atoms with Crippen molar-refractivity contribution in [2.45, 2.75) is 30.2 Å². The van der Waals surface area contributed by atoms with E-state index in [2.05, 4.69) is 12.2 Å². The Labute approximate surface area is 95.8 Å². The fourth-order valence-corrected chi connectivity index (χ4v) is 2.45. The van der Waals surface area contributed by atoms with Gasteiger partial charge in [0.2, 0.25) is 0 Å². The first kappa shape index (κ1) is 11.3. The largest absolute Gasteiger partial charge is 0.396 e. The van der Waals surface area contributed by atoms with E-state index in [1.165, 1.54) is 12.3 Å². The summed E-state index contributed by atoms with van der Waals surface area (Å²) in [6, 6.07) is 5.06. The van der Waals surface area contributed by atoms with E-state index >= 15 is 0 Å². The molecular formula is C11H16N2O2S. The standard InChI is InChI=1S/C11H16N2O2S/c1-11(6-7-11)13-8-4-3-5-9(10(8)12)16(2,14)15/h3-5,13H,6-7,12H2,1-2H3. The molecule has 1 aromatic rings. The predicted molar refractivity (Wildman–Crippen MR) is 65.2 cm³/mol. The third kappa shape index (κ3) is 2.14. The third-order valence-corrected chi connectivity index (χ3v) is 4.06. The lowest BCUT2D eigenvalue weighted by Gasteiger charge is -2.16. The van der Waals surface area contributed by atoms with Crippen LogP contribution in [0, 0.1) is 0 Å². The molecule has 0 atom stereocenters. The predicted octanol–water partition coefficient (Wildman–Crippen LogP) is 1.64. The van der Waals surface area contributed by atoms with E-state index in [9.17, 15) is 8.42 Å². The molecule has 0 amide bonds. The summed E-state index contributed by atoms with van der Waals surface area (Å²) in [6.45, 7) is 2.10. The molecule has 1 saturated carbocycles. The van der Waals surface area contributed by atoms with Crippen molar-refractivity contribution in [2.24, 2.45) is 0 Å². The topological polar surface area (TPSA) is 72.2 Å².